The number of carbonyl (C=O) groups is 2. The fourth-order valence-corrected chi connectivity index (χ4v) is 4.15. The minimum atomic E-state index is -5.08. The highest BCUT2D eigenvalue weighted by molar-refractivity contribution is 5.74. The predicted octanol–water partition coefficient (Wildman–Crippen LogP) is 2.60. The molecule has 32 heavy (non-hydrogen) atoms. The Morgan fingerprint density at radius 2 is 1.66 bits per heavy atom. The van der Waals surface area contributed by atoms with Crippen LogP contribution < -0.4 is 5.32 Å². The van der Waals surface area contributed by atoms with Crippen molar-refractivity contribution in [3.8, 4) is 0 Å². The largest absolute Gasteiger partial charge is 0.490 e. The number of rotatable bonds is 6. The van der Waals surface area contributed by atoms with Crippen LogP contribution in [0.1, 0.15) is 24.8 Å². The first-order valence-corrected chi connectivity index (χ1v) is 10.9. The molecule has 3 rings (SSSR count). The van der Waals surface area contributed by atoms with E-state index in [2.05, 4.69) is 22.3 Å². The fourth-order valence-electron chi connectivity index (χ4n) is 4.15. The summed E-state index contributed by atoms with van der Waals surface area (Å²) in [5, 5.41) is 19.8. The number of benzene rings is 1. The molecule has 1 aromatic carbocycles. The molecule has 0 saturated carbocycles. The van der Waals surface area contributed by atoms with Gasteiger partial charge in [0, 0.05) is 38.7 Å². The Kier molecular flexibility index (Phi) is 10.2. The molecule has 0 aliphatic carbocycles. The Bertz CT molecular complexity index is 712. The first kappa shape index (κ1) is 25.9. The van der Waals surface area contributed by atoms with E-state index in [1.54, 1.807) is 0 Å². The van der Waals surface area contributed by atoms with E-state index in [4.69, 9.17) is 9.90 Å². The summed E-state index contributed by atoms with van der Waals surface area (Å²) in [7, 11) is 0. The lowest BCUT2D eigenvalue weighted by molar-refractivity contribution is -0.192. The van der Waals surface area contributed by atoms with Crippen molar-refractivity contribution in [3.63, 3.8) is 0 Å². The molecule has 0 radical (unpaired) electrons. The zero-order valence-electron chi connectivity index (χ0n) is 18.1. The van der Waals surface area contributed by atoms with Gasteiger partial charge in [-0.25, -0.2) is 9.59 Å². The van der Waals surface area contributed by atoms with Crippen molar-refractivity contribution in [1.29, 1.82) is 0 Å². The van der Waals surface area contributed by atoms with Gasteiger partial charge in [0.05, 0.1) is 0 Å². The molecule has 2 fully saturated rings. The van der Waals surface area contributed by atoms with Crippen LogP contribution in [0, 0.1) is 11.8 Å². The fraction of sp³-hybridized carbons (Fsp3) is 0.636. The molecule has 7 nitrogen and oxygen atoms in total. The van der Waals surface area contributed by atoms with E-state index in [1.165, 1.54) is 31.5 Å². The van der Waals surface area contributed by atoms with Crippen molar-refractivity contribution in [2.75, 3.05) is 45.9 Å². The summed E-state index contributed by atoms with van der Waals surface area (Å²) >= 11 is 0. The molecule has 10 heteroatoms. The molecule has 2 atom stereocenters. The second kappa shape index (κ2) is 12.6. The number of piperidine rings is 1. The third-order valence-electron chi connectivity index (χ3n) is 5.66. The smallest absolute Gasteiger partial charge is 0.475 e. The van der Waals surface area contributed by atoms with Crippen molar-refractivity contribution in [2.45, 2.75) is 31.9 Å². The molecular formula is C22H32F3N3O4. The summed E-state index contributed by atoms with van der Waals surface area (Å²) < 4.78 is 31.7. The monoisotopic (exact) mass is 459 g/mol. The molecule has 0 bridgehead atoms. The van der Waals surface area contributed by atoms with Crippen molar-refractivity contribution in [1.82, 2.24) is 15.1 Å². The minimum absolute atomic E-state index is 0.0144. The van der Waals surface area contributed by atoms with Crippen LogP contribution in [0.3, 0.4) is 0 Å². The number of aliphatic hydroxyl groups excluding tert-OH is 1. The van der Waals surface area contributed by atoms with Gasteiger partial charge in [-0.3, -0.25) is 0 Å². The Hall–Kier alpha value is -2.33. The zero-order chi connectivity index (χ0) is 23.6. The van der Waals surface area contributed by atoms with E-state index in [1.807, 2.05) is 23.1 Å². The van der Waals surface area contributed by atoms with E-state index in [9.17, 15) is 23.1 Å². The standard InChI is InChI=1S/C20H31N3O2.C2HF3O2/c24-16-19-12-18(13-22-10-4-5-11-22)14-23(15-19)20(25)21-9-8-17-6-2-1-3-7-17;3-2(4,5)1(6)7/h1-3,6-7,18-19,24H,4-5,8-16H2,(H,21,25);(H,6,7)/t18-,19+;/m1./s1. The quantitative estimate of drug-likeness (QED) is 0.608. The number of nitrogens with zero attached hydrogens (tertiary/aromatic N) is 2. The number of halogens is 3. The lowest BCUT2D eigenvalue weighted by atomic mass is 9.89. The minimum Gasteiger partial charge on any atom is -0.475 e. The first-order chi connectivity index (χ1) is 15.2. The van der Waals surface area contributed by atoms with Crippen LogP contribution >= 0.6 is 0 Å². The van der Waals surface area contributed by atoms with Gasteiger partial charge in [0.1, 0.15) is 0 Å². The number of aliphatic hydroxyl groups is 1. The molecule has 2 heterocycles. The average Bonchev–Trinajstić information content (AvgIpc) is 3.27. The first-order valence-electron chi connectivity index (χ1n) is 10.9. The van der Waals surface area contributed by atoms with Gasteiger partial charge >= 0.3 is 18.2 Å². The maximum Gasteiger partial charge on any atom is 0.490 e. The summed E-state index contributed by atoms with van der Waals surface area (Å²) in [6.07, 6.45) is -0.623. The zero-order valence-corrected chi connectivity index (χ0v) is 18.1. The van der Waals surface area contributed by atoms with E-state index in [0.29, 0.717) is 19.0 Å². The van der Waals surface area contributed by atoms with Crippen LogP contribution in [0.5, 0.6) is 0 Å². The van der Waals surface area contributed by atoms with Crippen LogP contribution in [-0.4, -0.2) is 84.1 Å². The normalized spacial score (nSPS) is 21.6. The molecule has 2 aliphatic heterocycles. The topological polar surface area (TPSA) is 93.1 Å². The summed E-state index contributed by atoms with van der Waals surface area (Å²) in [5.74, 6) is -2.07. The lowest BCUT2D eigenvalue weighted by Crippen LogP contribution is -2.51. The van der Waals surface area contributed by atoms with Gasteiger partial charge in [0.2, 0.25) is 0 Å². The van der Waals surface area contributed by atoms with E-state index in [0.717, 1.165) is 25.9 Å². The maximum atomic E-state index is 12.6. The maximum absolute atomic E-state index is 12.6. The van der Waals surface area contributed by atoms with E-state index < -0.39 is 12.1 Å². The predicted molar refractivity (Wildman–Crippen MR) is 113 cm³/mol. The SMILES string of the molecule is O=C(NCCc1ccccc1)N1C[C@@H](CN2CCCC2)C[C@H](CO)C1.O=C(O)C(F)(F)F. The number of hydrogen-bond donors (Lipinski definition) is 3. The van der Waals surface area contributed by atoms with Gasteiger partial charge in [-0.1, -0.05) is 30.3 Å². The second-order valence-corrected chi connectivity index (χ2v) is 8.33. The van der Waals surface area contributed by atoms with Crippen molar-refractivity contribution < 1.29 is 33.0 Å². The molecule has 0 unspecified atom stereocenters. The highest BCUT2D eigenvalue weighted by Gasteiger charge is 2.38. The number of carboxylic acids is 1. The van der Waals surface area contributed by atoms with Gasteiger partial charge in [-0.05, 0) is 50.3 Å². The number of alkyl halides is 3. The van der Waals surface area contributed by atoms with Crippen molar-refractivity contribution in [3.05, 3.63) is 35.9 Å². The molecular weight excluding hydrogens is 427 g/mol. The molecule has 1 aromatic rings. The Balaban J connectivity index is 0.000000451. The molecule has 2 aliphatic rings. The molecule has 180 valence electrons. The van der Waals surface area contributed by atoms with Gasteiger partial charge in [0.25, 0.3) is 0 Å². The van der Waals surface area contributed by atoms with Gasteiger partial charge in [-0.15, -0.1) is 0 Å². The second-order valence-electron chi connectivity index (χ2n) is 8.33. The van der Waals surface area contributed by atoms with E-state index in [-0.39, 0.29) is 18.6 Å². The van der Waals surface area contributed by atoms with E-state index >= 15 is 0 Å². The molecule has 3 N–H and O–H groups in total. The van der Waals surface area contributed by atoms with Crippen LogP contribution in [0.25, 0.3) is 0 Å². The number of urea groups is 1. The Morgan fingerprint density at radius 1 is 1.06 bits per heavy atom. The number of carbonyl (C=O) groups excluding carboxylic acids is 1. The van der Waals surface area contributed by atoms with Crippen LogP contribution in [0.2, 0.25) is 0 Å². The molecule has 2 saturated heterocycles. The Labute approximate surface area is 186 Å². The molecule has 0 aromatic heterocycles. The van der Waals surface area contributed by atoms with Crippen LogP contribution in [0.4, 0.5) is 18.0 Å². The number of nitrogens with one attached hydrogen (secondary N) is 1. The van der Waals surface area contributed by atoms with Gasteiger partial charge < -0.3 is 25.3 Å². The number of hydrogen-bond acceptors (Lipinski definition) is 4. The van der Waals surface area contributed by atoms with Crippen molar-refractivity contribution in [2.24, 2.45) is 11.8 Å². The number of amides is 2. The number of carboxylic acid groups (broad SMARTS) is 1. The van der Waals surface area contributed by atoms with Crippen molar-refractivity contribution >= 4 is 12.0 Å². The number of likely N-dealkylation sites (tertiary alicyclic amines) is 2. The lowest BCUT2D eigenvalue weighted by Gasteiger charge is -2.38. The average molecular weight is 460 g/mol. The summed E-state index contributed by atoms with van der Waals surface area (Å²) in [5.41, 5.74) is 1.24. The highest BCUT2D eigenvalue weighted by Crippen LogP contribution is 2.24. The number of aliphatic carboxylic acids is 1. The molecule has 2 amide bonds. The third kappa shape index (κ3) is 9.04. The van der Waals surface area contributed by atoms with Gasteiger partial charge in [0.15, 0.2) is 0 Å². The summed E-state index contributed by atoms with van der Waals surface area (Å²) in [4.78, 5) is 25.9. The molecule has 0 spiro atoms. The third-order valence-corrected chi connectivity index (χ3v) is 5.66. The highest BCUT2D eigenvalue weighted by atomic mass is 19.4. The Morgan fingerprint density at radius 3 is 2.22 bits per heavy atom. The van der Waals surface area contributed by atoms with Crippen LogP contribution in [0.15, 0.2) is 30.3 Å². The van der Waals surface area contributed by atoms with Gasteiger partial charge in [-0.2, -0.15) is 13.2 Å². The van der Waals surface area contributed by atoms with Crippen LogP contribution in [-0.2, 0) is 11.2 Å². The summed E-state index contributed by atoms with van der Waals surface area (Å²) in [6, 6.07) is 10.2. The summed E-state index contributed by atoms with van der Waals surface area (Å²) in [6.45, 7) is 5.73.